The molecule has 0 saturated carbocycles. The van der Waals surface area contributed by atoms with Crippen molar-refractivity contribution < 1.29 is 43.7 Å². The molecule has 69 heavy (non-hydrogen) atoms. The second-order valence-electron chi connectivity index (χ2n) is 17.1. The third kappa shape index (κ3) is 11.7. The van der Waals surface area contributed by atoms with Crippen molar-refractivity contribution in [2.45, 2.75) is 81.7 Å². The van der Waals surface area contributed by atoms with E-state index < -0.39 is 12.0 Å². The first-order valence-corrected chi connectivity index (χ1v) is 25.0. The molecule has 8 rings (SSSR count). The van der Waals surface area contributed by atoms with Gasteiger partial charge >= 0.3 is 5.97 Å². The molecule has 3 atom stereocenters. The molecule has 15 nitrogen and oxygen atoms in total. The van der Waals surface area contributed by atoms with E-state index in [-0.39, 0.29) is 64.4 Å². The molecular weight excluding hydrogens is 940 g/mol. The predicted octanol–water partition coefficient (Wildman–Crippen LogP) is 8.61. The summed E-state index contributed by atoms with van der Waals surface area (Å²) in [6.07, 6.45) is 5.22. The number of anilines is 3. The zero-order valence-corrected chi connectivity index (χ0v) is 41.9. The normalized spacial score (nSPS) is 17.7. The Bertz CT molecular complexity index is 2640. The maximum atomic E-state index is 13.8. The van der Waals surface area contributed by atoms with Crippen molar-refractivity contribution in [2.75, 3.05) is 63.0 Å². The fourth-order valence-corrected chi connectivity index (χ4v) is 11.9. The van der Waals surface area contributed by atoms with E-state index >= 15 is 0 Å². The molecule has 0 bridgehead atoms. The molecule has 3 aliphatic heterocycles. The number of nitrogens with one attached hydrogen (secondary N) is 3. The molecule has 18 heteroatoms. The van der Waals surface area contributed by atoms with Crippen molar-refractivity contribution in [2.24, 2.45) is 5.73 Å². The lowest BCUT2D eigenvalue weighted by Crippen LogP contribution is -2.49. The van der Waals surface area contributed by atoms with Gasteiger partial charge in [-0.15, -0.1) is 11.3 Å². The summed E-state index contributed by atoms with van der Waals surface area (Å²) in [7, 11) is 4.04. The Hall–Kier alpha value is -5.69. The maximum absolute atomic E-state index is 13.8. The lowest BCUT2D eigenvalue weighted by Gasteiger charge is -2.45. The number of aromatic carboxylic acids is 1. The Morgan fingerprint density at radius 3 is 2.57 bits per heavy atom. The molecule has 7 N–H and O–H groups in total. The highest BCUT2D eigenvalue weighted by molar-refractivity contribution is 7.96. The number of ether oxygens (including phenoxy) is 2. The molecule has 3 unspecified atom stereocenters. The number of nitrogens with zero attached hydrogens (tertiary/aromatic N) is 2. The summed E-state index contributed by atoms with van der Waals surface area (Å²) in [5.41, 5.74) is 10.6. The molecule has 3 aliphatic rings. The zero-order valence-electron chi connectivity index (χ0n) is 39.5. The quantitative estimate of drug-likeness (QED) is 0.0404. The van der Waals surface area contributed by atoms with Crippen molar-refractivity contribution in [3.05, 3.63) is 99.4 Å². The molecule has 4 aromatic carbocycles. The zero-order chi connectivity index (χ0) is 49.8. The standard InChI is InChI=1S/C49H52ClN5O8S2.CH5N.CH4O/c1-49(2)27-33(53-32-8-4-7-31(26-32)44-42(50)43(63-24-22-57)45(65-44)48(60)61)17-20-54(49)64-28-29-12-14-37-40(25-29)62-23-18-30(16-19-52-37)34-13-15-38-41-35(34)9-5-10-36(41)47(59)55(38)39(11-6-21-56)46(58)51-3;2*1-2/h4-5,7-10,12-15,21-22,25-26,30,33,39,52-53H,6,11,16-20,23-24,27-28H2,1-3H3,(H,51,58)(H,60,61);2H2,1H3;2H,1H3. The summed E-state index contributed by atoms with van der Waals surface area (Å²) in [4.78, 5) is 63.0. The number of carboxylic acids is 1. The number of aliphatic hydroxyl groups is 1. The molecule has 1 aromatic heterocycles. The van der Waals surface area contributed by atoms with Gasteiger partial charge in [0.25, 0.3) is 5.91 Å². The summed E-state index contributed by atoms with van der Waals surface area (Å²) in [5, 5.41) is 28.8. The average molecular weight is 1000 g/mol. The van der Waals surface area contributed by atoms with Gasteiger partial charge in [-0.05, 0) is 117 Å². The number of carboxylic acid groups (broad SMARTS) is 1. The highest BCUT2D eigenvalue weighted by Crippen LogP contribution is 2.47. The number of thiophene rings is 1. The molecule has 2 amide bonds. The number of carbonyl (C=O) groups is 5. The van der Waals surface area contributed by atoms with Crippen LogP contribution in [0, 0.1) is 0 Å². The van der Waals surface area contributed by atoms with Crippen molar-refractivity contribution in [1.82, 2.24) is 9.62 Å². The van der Waals surface area contributed by atoms with Gasteiger partial charge in [-0.2, -0.15) is 0 Å². The molecule has 1 saturated heterocycles. The highest BCUT2D eigenvalue weighted by atomic mass is 35.5. The number of benzene rings is 4. The average Bonchev–Trinajstić information content (AvgIpc) is 3.87. The number of carbonyl (C=O) groups excluding carboxylic acids is 4. The Balaban J connectivity index is 0.00000191. The van der Waals surface area contributed by atoms with Crippen LogP contribution in [0.3, 0.4) is 0 Å². The number of aldehydes is 2. The fraction of sp³-hybridized carbons (Fsp3) is 0.392. The van der Waals surface area contributed by atoms with Gasteiger partial charge in [0.05, 0.1) is 22.9 Å². The Labute approximate surface area is 416 Å². The molecule has 0 spiro atoms. The first-order chi connectivity index (χ1) is 33.4. The Morgan fingerprint density at radius 2 is 1.84 bits per heavy atom. The summed E-state index contributed by atoms with van der Waals surface area (Å²) in [5.74, 6) is 0.0946. The van der Waals surface area contributed by atoms with E-state index in [4.69, 9.17) is 26.2 Å². The minimum atomic E-state index is -1.16. The van der Waals surface area contributed by atoms with Gasteiger partial charge in [-0.25, -0.2) is 9.10 Å². The number of fused-ring (bicyclic) bond motifs is 1. The Morgan fingerprint density at radius 1 is 1.06 bits per heavy atom. The van der Waals surface area contributed by atoms with E-state index in [0.29, 0.717) is 29.0 Å². The van der Waals surface area contributed by atoms with Crippen LogP contribution in [0.5, 0.6) is 11.5 Å². The van der Waals surface area contributed by atoms with E-state index in [9.17, 15) is 29.1 Å². The summed E-state index contributed by atoms with van der Waals surface area (Å²) in [6, 6.07) is 23.4. The van der Waals surface area contributed by atoms with Gasteiger partial charge in [0, 0.05) is 67.6 Å². The monoisotopic (exact) mass is 1000 g/mol. The third-order valence-corrected chi connectivity index (χ3v) is 15.6. The number of halogens is 1. The SMILES string of the molecule is CN.CNC(=O)C(CCC=O)N1C(=O)c2cccc3c(C4CCNc5ccc(CSN6CCC(Nc7cccc(-c8sc(C(=O)O)c(OCC=O)c8Cl)c7)CC6(C)C)cc5OCC4)ccc1c23.CO. The number of likely N-dealkylation sites (N-methyl/N-ethyl adjacent to an activating group) is 1. The van der Waals surface area contributed by atoms with E-state index in [1.807, 2.05) is 54.4 Å². The summed E-state index contributed by atoms with van der Waals surface area (Å²) in [6.45, 7) is 6.39. The second-order valence-corrected chi connectivity index (χ2v) is 19.5. The van der Waals surface area contributed by atoms with Gasteiger partial charge in [-0.3, -0.25) is 19.3 Å². The van der Waals surface area contributed by atoms with Gasteiger partial charge < -0.3 is 46.2 Å². The number of nitrogens with two attached hydrogens (primary N) is 1. The topological polar surface area (TPSA) is 213 Å². The molecule has 0 radical (unpaired) electrons. The smallest absolute Gasteiger partial charge is 0.349 e. The van der Waals surface area contributed by atoms with Gasteiger partial charge in [0.1, 0.15) is 29.7 Å². The molecule has 368 valence electrons. The van der Waals surface area contributed by atoms with Crippen molar-refractivity contribution in [3.63, 3.8) is 0 Å². The fourth-order valence-electron chi connectivity index (χ4n) is 9.39. The largest absolute Gasteiger partial charge is 0.491 e. The van der Waals surface area contributed by atoms with Crippen LogP contribution in [0.2, 0.25) is 5.02 Å². The molecule has 0 aliphatic carbocycles. The van der Waals surface area contributed by atoms with E-state index in [2.05, 4.69) is 70.2 Å². The number of amides is 2. The predicted molar refractivity (Wildman–Crippen MR) is 277 cm³/mol. The number of piperidine rings is 1. The van der Waals surface area contributed by atoms with E-state index in [1.54, 1.807) is 11.9 Å². The van der Waals surface area contributed by atoms with Crippen molar-refractivity contribution in [1.29, 1.82) is 0 Å². The van der Waals surface area contributed by atoms with Gasteiger partial charge in [0.2, 0.25) is 5.91 Å². The van der Waals surface area contributed by atoms with Crippen LogP contribution in [-0.4, -0.2) is 110 Å². The van der Waals surface area contributed by atoms with Crippen LogP contribution in [0.1, 0.15) is 89.4 Å². The van der Waals surface area contributed by atoms with Crippen LogP contribution >= 0.6 is 34.9 Å². The summed E-state index contributed by atoms with van der Waals surface area (Å²) >= 11 is 9.45. The Kier molecular flexibility index (Phi) is 18.5. The van der Waals surface area contributed by atoms with Crippen LogP contribution in [0.25, 0.3) is 21.2 Å². The van der Waals surface area contributed by atoms with Crippen LogP contribution < -0.4 is 36.1 Å². The molecule has 4 heterocycles. The number of aliphatic hydroxyl groups excluding tert-OH is 1. The van der Waals surface area contributed by atoms with Crippen LogP contribution in [0.4, 0.5) is 17.1 Å². The first kappa shape index (κ1) is 52.7. The van der Waals surface area contributed by atoms with E-state index in [0.717, 1.165) is 108 Å². The minimum Gasteiger partial charge on any atom is -0.491 e. The van der Waals surface area contributed by atoms with Crippen molar-refractivity contribution >= 4 is 93.1 Å². The lowest BCUT2D eigenvalue weighted by molar-refractivity contribution is -0.122. The van der Waals surface area contributed by atoms with Gasteiger partial charge in [0.15, 0.2) is 16.9 Å². The number of rotatable bonds is 16. The third-order valence-electron chi connectivity index (χ3n) is 12.5. The lowest BCUT2D eigenvalue weighted by atomic mass is 9.87. The van der Waals surface area contributed by atoms with Crippen molar-refractivity contribution in [3.8, 4) is 21.9 Å². The van der Waals surface area contributed by atoms with Gasteiger partial charge in [-0.1, -0.05) is 59.9 Å². The molecule has 5 aromatic rings. The number of hydrogen-bond acceptors (Lipinski definition) is 14. The van der Waals surface area contributed by atoms with Crippen LogP contribution in [0.15, 0.2) is 72.8 Å². The first-order valence-electron chi connectivity index (χ1n) is 22.9. The number of hydrogen-bond donors (Lipinski definition) is 6. The molecular formula is C51H61ClN6O9S2. The molecule has 1 fully saturated rings. The maximum Gasteiger partial charge on any atom is 0.349 e. The highest BCUT2D eigenvalue weighted by Gasteiger charge is 2.39. The summed E-state index contributed by atoms with van der Waals surface area (Å²) < 4.78 is 14.4. The second kappa shape index (κ2) is 24.2. The van der Waals surface area contributed by atoms with Crippen LogP contribution in [-0.2, 0) is 20.1 Å². The minimum absolute atomic E-state index is 0.00975. The van der Waals surface area contributed by atoms with E-state index in [1.165, 1.54) is 12.6 Å².